The van der Waals surface area contributed by atoms with Gasteiger partial charge in [0.2, 0.25) is 5.91 Å². The second kappa shape index (κ2) is 5.17. The van der Waals surface area contributed by atoms with Crippen molar-refractivity contribution < 1.29 is 13.2 Å². The summed E-state index contributed by atoms with van der Waals surface area (Å²) in [6, 6.07) is 0. The topological polar surface area (TPSA) is 54.5 Å². The van der Waals surface area contributed by atoms with E-state index in [1.54, 1.807) is 11.8 Å². The Morgan fingerprint density at radius 2 is 1.81 bits per heavy atom. The first-order valence-corrected chi connectivity index (χ1v) is 7.60. The van der Waals surface area contributed by atoms with Gasteiger partial charge in [0, 0.05) is 24.8 Å². The molecule has 1 saturated heterocycles. The summed E-state index contributed by atoms with van der Waals surface area (Å²) in [7, 11) is -2.93. The van der Waals surface area contributed by atoms with E-state index in [0.29, 0.717) is 25.9 Å². The van der Waals surface area contributed by atoms with Crippen LogP contribution in [0, 0.1) is 5.92 Å². The van der Waals surface area contributed by atoms with Crippen molar-refractivity contribution in [3.63, 3.8) is 0 Å². The zero-order chi connectivity index (χ0) is 12.3. The van der Waals surface area contributed by atoms with Crippen LogP contribution in [0.15, 0.2) is 0 Å². The maximum Gasteiger partial charge on any atom is 0.225 e. The van der Waals surface area contributed by atoms with Gasteiger partial charge in [-0.2, -0.15) is 0 Å². The van der Waals surface area contributed by atoms with Crippen molar-refractivity contribution in [2.45, 2.75) is 38.9 Å². The molecule has 0 aliphatic carbocycles. The highest BCUT2D eigenvalue weighted by Crippen LogP contribution is 2.19. The molecule has 94 valence electrons. The van der Waals surface area contributed by atoms with Gasteiger partial charge in [-0.3, -0.25) is 4.79 Å². The quantitative estimate of drug-likeness (QED) is 0.749. The fraction of sp³-hybridized carbons (Fsp3) is 0.909. The molecule has 1 heterocycles. The molecule has 0 aromatic carbocycles. The molecule has 0 radical (unpaired) electrons. The predicted octanol–water partition coefficient (Wildman–Crippen LogP) is 1.07. The number of likely N-dealkylation sites (tertiary alicyclic amines) is 1. The van der Waals surface area contributed by atoms with Crippen molar-refractivity contribution in [1.29, 1.82) is 0 Å². The lowest BCUT2D eigenvalue weighted by molar-refractivity contribution is -0.135. The Bertz CT molecular complexity index is 340. The van der Waals surface area contributed by atoms with E-state index in [2.05, 4.69) is 0 Å². The van der Waals surface area contributed by atoms with Crippen LogP contribution in [-0.4, -0.2) is 43.3 Å². The standard InChI is InChI=1S/C11H21NO3S/c1-4-16(14,15)10-5-7-12(8-6-10)11(13)9(2)3/h9-10H,4-8H2,1-3H3. The van der Waals surface area contributed by atoms with E-state index in [4.69, 9.17) is 0 Å². The molecule has 0 atom stereocenters. The third-order valence-electron chi connectivity index (χ3n) is 3.16. The van der Waals surface area contributed by atoms with E-state index in [1.807, 2.05) is 13.8 Å². The summed E-state index contributed by atoms with van der Waals surface area (Å²) >= 11 is 0. The lowest BCUT2D eigenvalue weighted by Gasteiger charge is -2.32. The Morgan fingerprint density at radius 1 is 1.31 bits per heavy atom. The Labute approximate surface area is 97.9 Å². The van der Waals surface area contributed by atoms with Gasteiger partial charge in [0.15, 0.2) is 9.84 Å². The van der Waals surface area contributed by atoms with E-state index < -0.39 is 9.84 Å². The van der Waals surface area contributed by atoms with E-state index in [1.165, 1.54) is 0 Å². The number of carbonyl (C=O) groups is 1. The minimum absolute atomic E-state index is 0.000618. The molecule has 1 amide bonds. The maximum absolute atomic E-state index is 11.7. The van der Waals surface area contributed by atoms with Crippen LogP contribution >= 0.6 is 0 Å². The van der Waals surface area contributed by atoms with Crippen molar-refractivity contribution in [2.24, 2.45) is 5.92 Å². The molecule has 5 heteroatoms. The molecule has 16 heavy (non-hydrogen) atoms. The van der Waals surface area contributed by atoms with Gasteiger partial charge in [0.1, 0.15) is 0 Å². The molecule has 0 N–H and O–H groups in total. The van der Waals surface area contributed by atoms with Gasteiger partial charge in [0.05, 0.1) is 5.25 Å². The largest absolute Gasteiger partial charge is 0.342 e. The number of carbonyl (C=O) groups excluding carboxylic acids is 1. The summed E-state index contributed by atoms with van der Waals surface area (Å²) in [6.07, 6.45) is 1.18. The van der Waals surface area contributed by atoms with Crippen LogP contribution in [-0.2, 0) is 14.6 Å². The summed E-state index contributed by atoms with van der Waals surface area (Å²) in [6.45, 7) is 6.59. The third-order valence-corrected chi connectivity index (χ3v) is 5.45. The number of piperidine rings is 1. The van der Waals surface area contributed by atoms with Crippen LogP contribution < -0.4 is 0 Å². The second-order valence-corrected chi connectivity index (χ2v) is 7.20. The molecule has 4 nitrogen and oxygen atoms in total. The molecular weight excluding hydrogens is 226 g/mol. The molecule has 0 aromatic rings. The van der Waals surface area contributed by atoms with Crippen molar-refractivity contribution >= 4 is 15.7 Å². The van der Waals surface area contributed by atoms with Crippen LogP contribution in [0.3, 0.4) is 0 Å². The van der Waals surface area contributed by atoms with Gasteiger partial charge in [-0.1, -0.05) is 20.8 Å². The first-order chi connectivity index (χ1) is 7.38. The number of sulfone groups is 1. The summed E-state index contributed by atoms with van der Waals surface area (Å²) < 4.78 is 23.3. The minimum Gasteiger partial charge on any atom is -0.342 e. The number of rotatable bonds is 3. The Kier molecular flexibility index (Phi) is 4.35. The maximum atomic E-state index is 11.7. The van der Waals surface area contributed by atoms with Crippen molar-refractivity contribution in [3.8, 4) is 0 Å². The minimum atomic E-state index is -2.93. The molecule has 0 spiro atoms. The monoisotopic (exact) mass is 247 g/mol. The Balaban J connectivity index is 2.55. The fourth-order valence-corrected chi connectivity index (χ4v) is 3.44. The first kappa shape index (κ1) is 13.5. The second-order valence-electron chi connectivity index (χ2n) is 4.63. The highest BCUT2D eigenvalue weighted by Gasteiger charge is 2.30. The predicted molar refractivity (Wildman–Crippen MR) is 63.9 cm³/mol. The van der Waals surface area contributed by atoms with Crippen LogP contribution in [0.25, 0.3) is 0 Å². The SMILES string of the molecule is CCS(=O)(=O)C1CCN(C(=O)C(C)C)CC1. The average molecular weight is 247 g/mol. The van der Waals surface area contributed by atoms with Gasteiger partial charge >= 0.3 is 0 Å². The van der Waals surface area contributed by atoms with Crippen LogP contribution in [0.2, 0.25) is 0 Å². The molecule has 1 rings (SSSR count). The highest BCUT2D eigenvalue weighted by molar-refractivity contribution is 7.92. The van der Waals surface area contributed by atoms with Crippen LogP contribution in [0.4, 0.5) is 0 Å². The van der Waals surface area contributed by atoms with E-state index in [9.17, 15) is 13.2 Å². The molecule has 0 saturated carbocycles. The smallest absolute Gasteiger partial charge is 0.225 e. The number of nitrogens with zero attached hydrogens (tertiary/aromatic N) is 1. The van der Waals surface area contributed by atoms with Gasteiger partial charge in [-0.25, -0.2) is 8.42 Å². The molecular formula is C11H21NO3S. The van der Waals surface area contributed by atoms with E-state index >= 15 is 0 Å². The van der Waals surface area contributed by atoms with E-state index in [-0.39, 0.29) is 22.8 Å². The molecule has 1 aliphatic heterocycles. The zero-order valence-electron chi connectivity index (χ0n) is 10.3. The Morgan fingerprint density at radius 3 is 2.19 bits per heavy atom. The number of amides is 1. The van der Waals surface area contributed by atoms with Gasteiger partial charge in [-0.05, 0) is 12.8 Å². The summed E-state index contributed by atoms with van der Waals surface area (Å²) in [4.78, 5) is 13.5. The Hall–Kier alpha value is -0.580. The molecule has 0 unspecified atom stereocenters. The number of hydrogen-bond donors (Lipinski definition) is 0. The van der Waals surface area contributed by atoms with Crippen LogP contribution in [0.5, 0.6) is 0 Å². The van der Waals surface area contributed by atoms with E-state index in [0.717, 1.165) is 0 Å². The normalized spacial score (nSPS) is 19.1. The average Bonchev–Trinajstić information content (AvgIpc) is 2.28. The summed E-state index contributed by atoms with van der Waals surface area (Å²) in [5, 5.41) is -0.242. The number of hydrogen-bond acceptors (Lipinski definition) is 3. The van der Waals surface area contributed by atoms with Crippen molar-refractivity contribution in [1.82, 2.24) is 4.90 Å². The fourth-order valence-electron chi connectivity index (χ4n) is 2.04. The molecule has 0 bridgehead atoms. The summed E-state index contributed by atoms with van der Waals surface area (Å²) in [5.74, 6) is 0.335. The molecule has 1 fully saturated rings. The van der Waals surface area contributed by atoms with Crippen LogP contribution in [0.1, 0.15) is 33.6 Å². The van der Waals surface area contributed by atoms with Gasteiger partial charge in [0.25, 0.3) is 0 Å². The highest BCUT2D eigenvalue weighted by atomic mass is 32.2. The van der Waals surface area contributed by atoms with Crippen molar-refractivity contribution in [2.75, 3.05) is 18.8 Å². The van der Waals surface area contributed by atoms with Gasteiger partial charge in [-0.15, -0.1) is 0 Å². The molecule has 0 aromatic heterocycles. The lowest BCUT2D eigenvalue weighted by Crippen LogP contribution is -2.44. The third kappa shape index (κ3) is 2.97. The zero-order valence-corrected chi connectivity index (χ0v) is 11.1. The lowest BCUT2D eigenvalue weighted by atomic mass is 10.1. The summed E-state index contributed by atoms with van der Waals surface area (Å²) in [5.41, 5.74) is 0. The first-order valence-electron chi connectivity index (χ1n) is 5.88. The molecule has 1 aliphatic rings. The van der Waals surface area contributed by atoms with Gasteiger partial charge < -0.3 is 4.90 Å². The van der Waals surface area contributed by atoms with Crippen molar-refractivity contribution in [3.05, 3.63) is 0 Å².